The van der Waals surface area contributed by atoms with Crippen LogP contribution in [0.4, 0.5) is 5.69 Å². The molecule has 1 aliphatic heterocycles. The van der Waals surface area contributed by atoms with Crippen LogP contribution in [0.1, 0.15) is 45.9 Å². The maximum Gasteiger partial charge on any atom is 0.254 e. The fourth-order valence-electron chi connectivity index (χ4n) is 5.12. The van der Waals surface area contributed by atoms with Crippen molar-refractivity contribution in [2.45, 2.75) is 25.3 Å². The molecule has 1 N–H and O–H groups in total. The summed E-state index contributed by atoms with van der Waals surface area (Å²) in [6, 6.07) is 23.1. The number of nitrogens with zero attached hydrogens (tertiary/aromatic N) is 2. The number of anilines is 1. The Bertz CT molecular complexity index is 1370. The third-order valence-corrected chi connectivity index (χ3v) is 6.76. The highest BCUT2D eigenvalue weighted by Crippen LogP contribution is 2.45. The van der Waals surface area contributed by atoms with E-state index in [2.05, 4.69) is 28.9 Å². The topological polar surface area (TPSA) is 54.3 Å². The maximum atomic E-state index is 13.9. The van der Waals surface area contributed by atoms with Gasteiger partial charge in [-0.15, -0.1) is 0 Å². The van der Waals surface area contributed by atoms with Crippen LogP contribution in [0.15, 0.2) is 79.0 Å². The van der Waals surface area contributed by atoms with Crippen molar-refractivity contribution in [2.24, 2.45) is 7.05 Å². The van der Waals surface area contributed by atoms with E-state index in [0.29, 0.717) is 5.56 Å². The molecule has 2 atom stereocenters. The van der Waals surface area contributed by atoms with Gasteiger partial charge in [0.05, 0.1) is 12.0 Å². The fraction of sp³-hybridized carbons (Fsp3) is 0.214. The molecule has 2 amide bonds. The van der Waals surface area contributed by atoms with E-state index in [9.17, 15) is 9.59 Å². The number of rotatable bonds is 4. The van der Waals surface area contributed by atoms with Gasteiger partial charge in [-0.2, -0.15) is 0 Å². The van der Waals surface area contributed by atoms with E-state index in [-0.39, 0.29) is 11.8 Å². The lowest BCUT2D eigenvalue weighted by atomic mass is 9.79. The first-order chi connectivity index (χ1) is 16.0. The van der Waals surface area contributed by atoms with E-state index < -0.39 is 12.0 Å². The normalized spacial score (nSPS) is 17.8. The number of aromatic nitrogens is 1. The molecule has 1 aromatic heterocycles. The molecule has 166 valence electrons. The second-order valence-electron chi connectivity index (χ2n) is 8.64. The summed E-state index contributed by atoms with van der Waals surface area (Å²) >= 11 is 0. The van der Waals surface area contributed by atoms with Crippen molar-refractivity contribution in [3.05, 3.63) is 101 Å². The van der Waals surface area contributed by atoms with Crippen LogP contribution in [0, 0.1) is 0 Å². The summed E-state index contributed by atoms with van der Waals surface area (Å²) in [5.41, 5.74) is 5.30. The number of amides is 2. The van der Waals surface area contributed by atoms with Gasteiger partial charge in [0.2, 0.25) is 5.91 Å². The van der Waals surface area contributed by atoms with E-state index in [1.54, 1.807) is 11.9 Å². The summed E-state index contributed by atoms with van der Waals surface area (Å²) in [6.45, 7) is 2.08. The van der Waals surface area contributed by atoms with Crippen molar-refractivity contribution in [1.82, 2.24) is 9.47 Å². The van der Waals surface area contributed by atoms with Crippen LogP contribution in [0.5, 0.6) is 0 Å². The number of likely N-dealkylation sites (N-methyl/N-ethyl adjacent to an activating group) is 1. The maximum absolute atomic E-state index is 13.9. The molecule has 0 unspecified atom stereocenters. The average molecular weight is 438 g/mol. The zero-order valence-electron chi connectivity index (χ0n) is 19.1. The molecular formula is C28H27N3O2. The Kier molecular flexibility index (Phi) is 5.25. The van der Waals surface area contributed by atoms with Crippen LogP contribution < -0.4 is 5.32 Å². The van der Waals surface area contributed by atoms with E-state index >= 15 is 0 Å². The van der Waals surface area contributed by atoms with Gasteiger partial charge in [0.25, 0.3) is 5.91 Å². The average Bonchev–Trinajstić information content (AvgIpc) is 3.17. The van der Waals surface area contributed by atoms with Crippen molar-refractivity contribution >= 4 is 28.4 Å². The molecule has 4 aromatic rings. The van der Waals surface area contributed by atoms with Crippen LogP contribution in [0.3, 0.4) is 0 Å². The molecule has 0 radical (unpaired) electrons. The number of fused-ring (bicyclic) bond motifs is 2. The first-order valence-corrected chi connectivity index (χ1v) is 11.3. The minimum absolute atomic E-state index is 0.0680. The second kappa shape index (κ2) is 8.24. The van der Waals surface area contributed by atoms with Gasteiger partial charge < -0.3 is 14.8 Å². The number of benzene rings is 3. The third kappa shape index (κ3) is 3.41. The summed E-state index contributed by atoms with van der Waals surface area (Å²) in [5.74, 6) is -0.721. The van der Waals surface area contributed by atoms with Gasteiger partial charge in [0.15, 0.2) is 0 Å². The molecule has 3 aromatic carbocycles. The predicted octanol–water partition coefficient (Wildman–Crippen LogP) is 5.29. The monoisotopic (exact) mass is 437 g/mol. The first kappa shape index (κ1) is 21.0. The number of nitrogens with one attached hydrogen (secondary N) is 1. The molecule has 0 aliphatic carbocycles. The highest BCUT2D eigenvalue weighted by atomic mass is 16.2. The lowest BCUT2D eigenvalue weighted by Gasteiger charge is -2.39. The van der Waals surface area contributed by atoms with Crippen LogP contribution in [0.25, 0.3) is 10.9 Å². The Morgan fingerprint density at radius 2 is 1.61 bits per heavy atom. The molecule has 5 rings (SSSR count). The second-order valence-corrected chi connectivity index (χ2v) is 8.64. The molecular weight excluding hydrogens is 410 g/mol. The van der Waals surface area contributed by atoms with Gasteiger partial charge in [0.1, 0.15) is 0 Å². The van der Waals surface area contributed by atoms with Gasteiger partial charge in [0, 0.05) is 48.0 Å². The van der Waals surface area contributed by atoms with Gasteiger partial charge >= 0.3 is 0 Å². The molecule has 0 bridgehead atoms. The zero-order chi connectivity index (χ0) is 23.1. The van der Waals surface area contributed by atoms with Crippen LogP contribution in [-0.2, 0) is 18.3 Å². The molecule has 0 fully saturated rings. The molecule has 0 saturated carbocycles. The Morgan fingerprint density at radius 3 is 2.42 bits per heavy atom. The van der Waals surface area contributed by atoms with Crippen LogP contribution in [0.2, 0.25) is 0 Å². The molecule has 0 saturated heterocycles. The van der Waals surface area contributed by atoms with Crippen molar-refractivity contribution in [2.75, 3.05) is 12.4 Å². The standard InChI is InChI=1S/C28H27N3O2/c1-4-18-11-5-9-15-23(18)29-27(32)25-20-13-6-7-14-21(20)28(33)31(3)26(25)22-17-30(2)24-16-10-8-12-19(22)24/h5-17,25-26H,4H2,1-3H3,(H,29,32)/t25-,26-/m1/s1. The lowest BCUT2D eigenvalue weighted by molar-refractivity contribution is -0.119. The van der Waals surface area contributed by atoms with E-state index in [1.807, 2.05) is 73.9 Å². The lowest BCUT2D eigenvalue weighted by Crippen LogP contribution is -2.44. The highest BCUT2D eigenvalue weighted by molar-refractivity contribution is 6.05. The summed E-state index contributed by atoms with van der Waals surface area (Å²) in [7, 11) is 3.79. The Morgan fingerprint density at radius 1 is 0.909 bits per heavy atom. The zero-order valence-corrected chi connectivity index (χ0v) is 19.1. The predicted molar refractivity (Wildman–Crippen MR) is 131 cm³/mol. The largest absolute Gasteiger partial charge is 0.350 e. The minimum Gasteiger partial charge on any atom is -0.350 e. The highest BCUT2D eigenvalue weighted by Gasteiger charge is 2.43. The fourth-order valence-corrected chi connectivity index (χ4v) is 5.12. The van der Waals surface area contributed by atoms with E-state index in [1.165, 1.54) is 0 Å². The smallest absolute Gasteiger partial charge is 0.254 e. The summed E-state index contributed by atoms with van der Waals surface area (Å²) in [4.78, 5) is 29.0. The molecule has 1 aliphatic rings. The van der Waals surface area contributed by atoms with Gasteiger partial charge in [-0.25, -0.2) is 0 Å². The molecule has 5 nitrogen and oxygen atoms in total. The van der Waals surface area contributed by atoms with Gasteiger partial charge in [-0.3, -0.25) is 9.59 Å². The summed E-state index contributed by atoms with van der Waals surface area (Å²) in [6.07, 6.45) is 2.87. The number of carbonyl (C=O) groups excluding carboxylic acids is 2. The van der Waals surface area contributed by atoms with Gasteiger partial charge in [-0.05, 0) is 35.7 Å². The number of hydrogen-bond donors (Lipinski definition) is 1. The number of hydrogen-bond acceptors (Lipinski definition) is 2. The summed E-state index contributed by atoms with van der Waals surface area (Å²) < 4.78 is 2.06. The van der Waals surface area contributed by atoms with Crippen molar-refractivity contribution in [3.8, 4) is 0 Å². The minimum atomic E-state index is -0.542. The summed E-state index contributed by atoms with van der Waals surface area (Å²) in [5, 5.41) is 4.23. The Labute approximate surface area is 193 Å². The van der Waals surface area contributed by atoms with Crippen LogP contribution in [-0.4, -0.2) is 28.3 Å². The number of aryl methyl sites for hydroxylation is 2. The number of carbonyl (C=O) groups is 2. The van der Waals surface area contributed by atoms with Crippen molar-refractivity contribution < 1.29 is 9.59 Å². The first-order valence-electron chi connectivity index (χ1n) is 11.3. The van der Waals surface area contributed by atoms with Crippen molar-refractivity contribution in [3.63, 3.8) is 0 Å². The van der Waals surface area contributed by atoms with Gasteiger partial charge in [-0.1, -0.05) is 61.5 Å². The molecule has 0 spiro atoms. The van der Waals surface area contributed by atoms with E-state index in [0.717, 1.165) is 39.7 Å². The van der Waals surface area contributed by atoms with E-state index in [4.69, 9.17) is 0 Å². The molecule has 5 heteroatoms. The van der Waals surface area contributed by atoms with Crippen molar-refractivity contribution in [1.29, 1.82) is 0 Å². The Balaban J connectivity index is 1.68. The molecule has 33 heavy (non-hydrogen) atoms. The quantitative estimate of drug-likeness (QED) is 0.472. The number of para-hydroxylation sites is 2. The Hall–Kier alpha value is -3.86. The van der Waals surface area contributed by atoms with Crippen LogP contribution >= 0.6 is 0 Å². The third-order valence-electron chi connectivity index (χ3n) is 6.76. The molecule has 2 heterocycles. The SMILES string of the molecule is CCc1ccccc1NC(=O)[C@@H]1c2ccccc2C(=O)N(C)[C@@H]1c1cn(C)c2ccccc12.